The molecular weight excluding hydrogens is 238 g/mol. The van der Waals surface area contributed by atoms with Gasteiger partial charge in [-0.2, -0.15) is 0 Å². The molecule has 18 heavy (non-hydrogen) atoms. The van der Waals surface area contributed by atoms with Crippen LogP contribution in [0.2, 0.25) is 0 Å². The van der Waals surface area contributed by atoms with Gasteiger partial charge in [-0.15, -0.1) is 0 Å². The summed E-state index contributed by atoms with van der Waals surface area (Å²) in [6.07, 6.45) is 2.84. The number of carboxylic acid groups (broad SMARTS) is 1. The van der Waals surface area contributed by atoms with Crippen molar-refractivity contribution in [3.05, 3.63) is 0 Å². The number of methoxy groups -OCH3 is 1. The quantitative estimate of drug-likeness (QED) is 0.731. The highest BCUT2D eigenvalue weighted by atomic mass is 16.5. The Hall–Kier alpha value is -1.14. The molecule has 1 N–H and O–H groups in total. The summed E-state index contributed by atoms with van der Waals surface area (Å²) in [5.74, 6) is -1.27. The Balaban J connectivity index is 1.96. The van der Waals surface area contributed by atoms with Crippen LogP contribution in [0.4, 0.5) is 0 Å². The highest BCUT2D eigenvalue weighted by Gasteiger charge is 2.45. The molecule has 0 aromatic carbocycles. The van der Waals surface area contributed by atoms with Crippen LogP contribution in [-0.2, 0) is 19.1 Å². The van der Waals surface area contributed by atoms with Crippen LogP contribution in [0.5, 0.6) is 0 Å². The number of rotatable bonds is 6. The Morgan fingerprint density at radius 1 is 1.44 bits per heavy atom. The van der Waals surface area contributed by atoms with E-state index in [1.54, 1.807) is 0 Å². The maximum Gasteiger partial charge on any atom is 0.323 e. The van der Waals surface area contributed by atoms with E-state index in [4.69, 9.17) is 14.6 Å². The van der Waals surface area contributed by atoms with Gasteiger partial charge in [-0.3, -0.25) is 9.59 Å². The predicted octanol–water partition coefficient (Wildman–Crippen LogP) is 0.114. The van der Waals surface area contributed by atoms with E-state index in [2.05, 4.69) is 0 Å². The second-order valence-electron chi connectivity index (χ2n) is 4.86. The van der Waals surface area contributed by atoms with Gasteiger partial charge in [0, 0.05) is 13.7 Å². The number of carbonyl (C=O) groups excluding carboxylic acids is 1. The first-order chi connectivity index (χ1) is 8.61. The first kappa shape index (κ1) is 13.3. The van der Waals surface area contributed by atoms with Gasteiger partial charge >= 0.3 is 5.97 Å². The van der Waals surface area contributed by atoms with Crippen molar-refractivity contribution in [3.63, 3.8) is 0 Å². The van der Waals surface area contributed by atoms with Crippen LogP contribution >= 0.6 is 0 Å². The van der Waals surface area contributed by atoms with E-state index >= 15 is 0 Å². The summed E-state index contributed by atoms with van der Waals surface area (Å²) in [5.41, 5.74) is 0. The van der Waals surface area contributed by atoms with Gasteiger partial charge < -0.3 is 19.5 Å². The second-order valence-corrected chi connectivity index (χ2v) is 4.86. The molecule has 6 heteroatoms. The summed E-state index contributed by atoms with van der Waals surface area (Å²) < 4.78 is 10.6. The molecule has 1 amide bonds. The molecule has 2 aliphatic rings. The molecule has 6 nitrogen and oxygen atoms in total. The van der Waals surface area contributed by atoms with Crippen molar-refractivity contribution in [3.8, 4) is 0 Å². The number of carboxylic acids is 1. The molecule has 3 atom stereocenters. The highest BCUT2D eigenvalue weighted by Crippen LogP contribution is 2.39. The summed E-state index contributed by atoms with van der Waals surface area (Å²) in [5, 5.41) is 8.84. The van der Waals surface area contributed by atoms with Gasteiger partial charge in [-0.25, -0.2) is 0 Å². The van der Waals surface area contributed by atoms with Crippen LogP contribution in [0.15, 0.2) is 0 Å². The van der Waals surface area contributed by atoms with Crippen LogP contribution < -0.4 is 0 Å². The molecule has 2 rings (SSSR count). The van der Waals surface area contributed by atoms with Crippen molar-refractivity contribution >= 4 is 11.9 Å². The second kappa shape index (κ2) is 5.67. The lowest BCUT2D eigenvalue weighted by molar-refractivity contribution is -0.147. The first-order valence-corrected chi connectivity index (χ1v) is 6.26. The molecule has 2 saturated heterocycles. The third kappa shape index (κ3) is 2.81. The minimum Gasteiger partial charge on any atom is -0.480 e. The lowest BCUT2D eigenvalue weighted by atomic mass is 9.88. The molecule has 0 spiro atoms. The molecule has 2 aliphatic heterocycles. The standard InChI is InChI=1S/C12H19NO5/c1-17-5-4-13(7-11(14)15)12(16)9-6-8-2-3-10(9)18-8/h8-10H,2-7H2,1H3,(H,14,15). The largest absolute Gasteiger partial charge is 0.480 e. The number of amides is 1. The molecule has 2 heterocycles. The Morgan fingerprint density at radius 2 is 2.22 bits per heavy atom. The summed E-state index contributed by atoms with van der Waals surface area (Å²) in [4.78, 5) is 24.5. The summed E-state index contributed by atoms with van der Waals surface area (Å²) in [6.45, 7) is 0.395. The van der Waals surface area contributed by atoms with E-state index in [0.717, 1.165) is 19.3 Å². The number of aliphatic carboxylic acids is 1. The summed E-state index contributed by atoms with van der Waals surface area (Å²) in [6, 6.07) is 0. The van der Waals surface area contributed by atoms with E-state index in [0.29, 0.717) is 13.2 Å². The SMILES string of the molecule is COCCN(CC(=O)O)C(=O)C1CC2CCC1O2. The van der Waals surface area contributed by atoms with E-state index in [-0.39, 0.29) is 30.6 Å². The van der Waals surface area contributed by atoms with Crippen LogP contribution in [0.25, 0.3) is 0 Å². The summed E-state index contributed by atoms with van der Waals surface area (Å²) >= 11 is 0. The molecule has 102 valence electrons. The zero-order chi connectivity index (χ0) is 13.1. The summed E-state index contributed by atoms with van der Waals surface area (Å²) in [7, 11) is 1.53. The van der Waals surface area contributed by atoms with Crippen LogP contribution in [0.1, 0.15) is 19.3 Å². The third-order valence-electron chi connectivity index (χ3n) is 3.63. The molecule has 0 saturated carbocycles. The number of hydrogen-bond donors (Lipinski definition) is 1. The van der Waals surface area contributed by atoms with E-state index in [1.807, 2.05) is 0 Å². The minimum atomic E-state index is -0.997. The molecule has 2 bridgehead atoms. The molecule has 3 unspecified atom stereocenters. The van der Waals surface area contributed by atoms with Gasteiger partial charge in [0.25, 0.3) is 0 Å². The normalized spacial score (nSPS) is 29.5. The molecule has 0 aliphatic carbocycles. The number of nitrogens with zero attached hydrogens (tertiary/aromatic N) is 1. The zero-order valence-corrected chi connectivity index (χ0v) is 10.5. The maximum absolute atomic E-state index is 12.3. The van der Waals surface area contributed by atoms with Crippen molar-refractivity contribution in [2.45, 2.75) is 31.5 Å². The maximum atomic E-state index is 12.3. The fourth-order valence-electron chi connectivity index (χ4n) is 2.76. The average Bonchev–Trinajstić information content (AvgIpc) is 2.95. The molecule has 0 aromatic rings. The Bertz CT molecular complexity index is 332. The van der Waals surface area contributed by atoms with Gasteiger partial charge in [-0.05, 0) is 19.3 Å². The Kier molecular flexibility index (Phi) is 4.19. The van der Waals surface area contributed by atoms with Gasteiger partial charge in [-0.1, -0.05) is 0 Å². The van der Waals surface area contributed by atoms with Gasteiger partial charge in [0.15, 0.2) is 0 Å². The monoisotopic (exact) mass is 257 g/mol. The van der Waals surface area contributed by atoms with Crippen LogP contribution in [0, 0.1) is 5.92 Å². The predicted molar refractivity (Wildman–Crippen MR) is 62.1 cm³/mol. The lowest BCUT2D eigenvalue weighted by Gasteiger charge is -2.26. The first-order valence-electron chi connectivity index (χ1n) is 6.26. The fourth-order valence-corrected chi connectivity index (χ4v) is 2.76. The minimum absolute atomic E-state index is 0.0126. The smallest absolute Gasteiger partial charge is 0.323 e. The van der Waals surface area contributed by atoms with Gasteiger partial charge in [0.1, 0.15) is 6.54 Å². The molecule has 2 fully saturated rings. The van der Waals surface area contributed by atoms with Crippen LogP contribution in [-0.4, -0.2) is 60.9 Å². The zero-order valence-electron chi connectivity index (χ0n) is 10.5. The fraction of sp³-hybridized carbons (Fsp3) is 0.833. The van der Waals surface area contributed by atoms with Crippen molar-refractivity contribution in [1.29, 1.82) is 0 Å². The van der Waals surface area contributed by atoms with E-state index in [1.165, 1.54) is 12.0 Å². The number of ether oxygens (including phenoxy) is 2. The van der Waals surface area contributed by atoms with Crippen molar-refractivity contribution in [2.75, 3.05) is 26.8 Å². The average molecular weight is 257 g/mol. The van der Waals surface area contributed by atoms with E-state index in [9.17, 15) is 9.59 Å². The van der Waals surface area contributed by atoms with Crippen molar-refractivity contribution in [2.24, 2.45) is 5.92 Å². The Morgan fingerprint density at radius 3 is 2.72 bits per heavy atom. The third-order valence-corrected chi connectivity index (χ3v) is 3.63. The topological polar surface area (TPSA) is 76.1 Å². The Labute approximate surface area is 106 Å². The number of fused-ring (bicyclic) bond motifs is 2. The molecule has 0 aromatic heterocycles. The van der Waals surface area contributed by atoms with Crippen molar-refractivity contribution in [1.82, 2.24) is 4.90 Å². The number of carbonyl (C=O) groups is 2. The highest BCUT2D eigenvalue weighted by molar-refractivity contribution is 5.83. The van der Waals surface area contributed by atoms with Crippen LogP contribution in [0.3, 0.4) is 0 Å². The lowest BCUT2D eigenvalue weighted by Crippen LogP contribution is -2.44. The van der Waals surface area contributed by atoms with Gasteiger partial charge in [0.05, 0.1) is 24.7 Å². The van der Waals surface area contributed by atoms with E-state index < -0.39 is 5.97 Å². The van der Waals surface area contributed by atoms with Crippen molar-refractivity contribution < 1.29 is 24.2 Å². The van der Waals surface area contributed by atoms with Gasteiger partial charge in [0.2, 0.25) is 5.91 Å². The molecular formula is C12H19NO5. The molecule has 0 radical (unpaired) electrons. The number of hydrogen-bond acceptors (Lipinski definition) is 4.